The molecule has 0 bridgehead atoms. The Kier molecular flexibility index (Phi) is 4.65. The lowest BCUT2D eigenvalue weighted by Crippen LogP contribution is -2.26. The first-order valence-electron chi connectivity index (χ1n) is 5.10. The summed E-state index contributed by atoms with van der Waals surface area (Å²) in [4.78, 5) is 22.3. The number of methoxy groups -OCH3 is 1. The highest BCUT2D eigenvalue weighted by Crippen LogP contribution is 2.06. The van der Waals surface area contributed by atoms with E-state index in [0.717, 1.165) is 0 Å². The van der Waals surface area contributed by atoms with E-state index in [1.807, 2.05) is 0 Å². The largest absolute Gasteiger partial charge is 0.480 e. The van der Waals surface area contributed by atoms with Crippen LogP contribution in [0.2, 0.25) is 0 Å². The van der Waals surface area contributed by atoms with Crippen LogP contribution in [0.3, 0.4) is 0 Å². The third-order valence-electron chi connectivity index (χ3n) is 2.21. The molecule has 0 saturated carbocycles. The molecule has 0 radical (unpaired) electrons. The Bertz CT molecular complexity index is 402. The highest BCUT2D eigenvalue weighted by atomic mass is 16.5. The van der Waals surface area contributed by atoms with Crippen LogP contribution in [0.5, 0.6) is 0 Å². The SMILES string of the molecule is COCCNC(=O)c1cnn(C(C)C(=O)O)c1. The Hall–Kier alpha value is -1.89. The molecule has 1 aromatic rings. The fraction of sp³-hybridized carbons (Fsp3) is 0.500. The van der Waals surface area contributed by atoms with Gasteiger partial charge in [-0.3, -0.25) is 9.48 Å². The van der Waals surface area contributed by atoms with E-state index in [4.69, 9.17) is 9.84 Å². The van der Waals surface area contributed by atoms with Gasteiger partial charge in [-0.25, -0.2) is 4.79 Å². The zero-order chi connectivity index (χ0) is 12.8. The number of rotatable bonds is 6. The molecule has 94 valence electrons. The summed E-state index contributed by atoms with van der Waals surface area (Å²) in [7, 11) is 1.54. The predicted molar refractivity (Wildman–Crippen MR) is 58.8 cm³/mol. The lowest BCUT2D eigenvalue weighted by Gasteiger charge is -2.05. The number of nitrogens with zero attached hydrogens (tertiary/aromatic N) is 2. The van der Waals surface area contributed by atoms with E-state index in [1.54, 1.807) is 7.11 Å². The van der Waals surface area contributed by atoms with E-state index in [9.17, 15) is 9.59 Å². The van der Waals surface area contributed by atoms with Gasteiger partial charge in [-0.2, -0.15) is 5.10 Å². The van der Waals surface area contributed by atoms with Crippen molar-refractivity contribution in [1.82, 2.24) is 15.1 Å². The standard InChI is InChI=1S/C10H15N3O4/c1-7(10(15)16)13-6-8(5-12-13)9(14)11-3-4-17-2/h5-7H,3-4H2,1-2H3,(H,11,14)(H,15,16). The number of nitrogens with one attached hydrogen (secondary N) is 1. The van der Waals surface area contributed by atoms with Crippen LogP contribution in [0, 0.1) is 0 Å². The van der Waals surface area contributed by atoms with Gasteiger partial charge in [0.25, 0.3) is 5.91 Å². The maximum atomic E-state index is 11.6. The quantitative estimate of drug-likeness (QED) is 0.678. The molecule has 2 N–H and O–H groups in total. The zero-order valence-corrected chi connectivity index (χ0v) is 9.71. The Morgan fingerprint density at radius 3 is 2.94 bits per heavy atom. The fourth-order valence-corrected chi connectivity index (χ4v) is 1.15. The molecule has 0 aliphatic carbocycles. The van der Waals surface area contributed by atoms with Crippen molar-refractivity contribution in [2.24, 2.45) is 0 Å². The second kappa shape index (κ2) is 6.00. The summed E-state index contributed by atoms with van der Waals surface area (Å²) >= 11 is 0. The van der Waals surface area contributed by atoms with Crippen molar-refractivity contribution in [3.8, 4) is 0 Å². The number of carbonyl (C=O) groups is 2. The van der Waals surface area contributed by atoms with Gasteiger partial charge in [-0.15, -0.1) is 0 Å². The van der Waals surface area contributed by atoms with Gasteiger partial charge in [0.1, 0.15) is 6.04 Å². The van der Waals surface area contributed by atoms with Crippen molar-refractivity contribution >= 4 is 11.9 Å². The van der Waals surface area contributed by atoms with Crippen LogP contribution in [0.4, 0.5) is 0 Å². The van der Waals surface area contributed by atoms with Gasteiger partial charge in [0.2, 0.25) is 0 Å². The number of hydrogen-bond donors (Lipinski definition) is 2. The summed E-state index contributed by atoms with van der Waals surface area (Å²) in [6.45, 7) is 2.31. The summed E-state index contributed by atoms with van der Waals surface area (Å²) in [6, 6.07) is -0.796. The number of aliphatic carboxylic acids is 1. The Balaban J connectivity index is 2.61. The van der Waals surface area contributed by atoms with Crippen LogP contribution >= 0.6 is 0 Å². The smallest absolute Gasteiger partial charge is 0.328 e. The second-order valence-electron chi connectivity index (χ2n) is 3.47. The third kappa shape index (κ3) is 3.56. The minimum absolute atomic E-state index is 0.300. The van der Waals surface area contributed by atoms with Crippen molar-refractivity contribution in [2.45, 2.75) is 13.0 Å². The van der Waals surface area contributed by atoms with E-state index in [0.29, 0.717) is 18.7 Å². The zero-order valence-electron chi connectivity index (χ0n) is 9.71. The topological polar surface area (TPSA) is 93.5 Å². The first-order valence-corrected chi connectivity index (χ1v) is 5.10. The summed E-state index contributed by atoms with van der Waals surface area (Å²) in [5.74, 6) is -1.30. The van der Waals surface area contributed by atoms with Crippen LogP contribution in [-0.4, -0.2) is 47.0 Å². The molecule has 1 atom stereocenters. The summed E-state index contributed by atoms with van der Waals surface area (Å²) < 4.78 is 6.02. The lowest BCUT2D eigenvalue weighted by molar-refractivity contribution is -0.140. The molecule has 0 spiro atoms. The highest BCUT2D eigenvalue weighted by molar-refractivity contribution is 5.93. The number of amides is 1. The summed E-state index contributed by atoms with van der Waals surface area (Å²) in [5.41, 5.74) is 0.328. The van der Waals surface area contributed by atoms with Gasteiger partial charge < -0.3 is 15.2 Å². The molecule has 0 aromatic carbocycles. The van der Waals surface area contributed by atoms with Crippen molar-refractivity contribution in [2.75, 3.05) is 20.3 Å². The molecular formula is C10H15N3O4. The molecule has 0 saturated heterocycles. The van der Waals surface area contributed by atoms with Crippen LogP contribution < -0.4 is 5.32 Å². The molecule has 1 unspecified atom stereocenters. The first-order chi connectivity index (χ1) is 8.06. The van der Waals surface area contributed by atoms with Crippen molar-refractivity contribution in [3.05, 3.63) is 18.0 Å². The van der Waals surface area contributed by atoms with Gasteiger partial charge in [0.05, 0.1) is 18.4 Å². The minimum atomic E-state index is -1.00. The van der Waals surface area contributed by atoms with Gasteiger partial charge in [0, 0.05) is 19.9 Å². The predicted octanol–water partition coefficient (Wildman–Crippen LogP) is -0.0951. The second-order valence-corrected chi connectivity index (χ2v) is 3.47. The van der Waals surface area contributed by atoms with Crippen molar-refractivity contribution < 1.29 is 19.4 Å². The number of carboxylic acids is 1. The molecule has 1 rings (SSSR count). The number of aromatic nitrogens is 2. The molecule has 7 heteroatoms. The van der Waals surface area contributed by atoms with Gasteiger partial charge in [-0.05, 0) is 6.92 Å². The molecule has 0 aliphatic heterocycles. The maximum Gasteiger partial charge on any atom is 0.328 e. The molecular weight excluding hydrogens is 226 g/mol. The third-order valence-corrected chi connectivity index (χ3v) is 2.21. The van der Waals surface area contributed by atoms with Crippen LogP contribution in [-0.2, 0) is 9.53 Å². The molecule has 1 amide bonds. The van der Waals surface area contributed by atoms with Crippen molar-refractivity contribution in [1.29, 1.82) is 0 Å². The molecule has 17 heavy (non-hydrogen) atoms. The van der Waals surface area contributed by atoms with Gasteiger partial charge in [-0.1, -0.05) is 0 Å². The number of hydrogen-bond acceptors (Lipinski definition) is 4. The first kappa shape index (κ1) is 13.2. The van der Waals surface area contributed by atoms with Gasteiger partial charge >= 0.3 is 5.97 Å². The van der Waals surface area contributed by atoms with E-state index in [1.165, 1.54) is 24.0 Å². The van der Waals surface area contributed by atoms with E-state index in [2.05, 4.69) is 10.4 Å². The molecule has 0 aliphatic rings. The normalized spacial score (nSPS) is 12.1. The van der Waals surface area contributed by atoms with Crippen molar-refractivity contribution in [3.63, 3.8) is 0 Å². The average molecular weight is 241 g/mol. The fourth-order valence-electron chi connectivity index (χ4n) is 1.15. The Morgan fingerprint density at radius 1 is 1.65 bits per heavy atom. The number of ether oxygens (including phenoxy) is 1. The van der Waals surface area contributed by atoms with E-state index < -0.39 is 12.0 Å². The summed E-state index contributed by atoms with van der Waals surface area (Å²) in [6.07, 6.45) is 2.74. The highest BCUT2D eigenvalue weighted by Gasteiger charge is 2.16. The van der Waals surface area contributed by atoms with Gasteiger partial charge in [0.15, 0.2) is 0 Å². The van der Waals surface area contributed by atoms with Crippen LogP contribution in [0.1, 0.15) is 23.3 Å². The molecule has 1 heterocycles. The van der Waals surface area contributed by atoms with E-state index >= 15 is 0 Å². The molecule has 0 fully saturated rings. The van der Waals surface area contributed by atoms with Crippen LogP contribution in [0.15, 0.2) is 12.4 Å². The Labute approximate surface area is 98.4 Å². The number of carbonyl (C=O) groups excluding carboxylic acids is 1. The Morgan fingerprint density at radius 2 is 2.35 bits per heavy atom. The molecule has 7 nitrogen and oxygen atoms in total. The van der Waals surface area contributed by atoms with E-state index in [-0.39, 0.29) is 5.91 Å². The van der Waals surface area contributed by atoms with Crippen LogP contribution in [0.25, 0.3) is 0 Å². The molecule has 1 aromatic heterocycles. The minimum Gasteiger partial charge on any atom is -0.480 e. The summed E-state index contributed by atoms with van der Waals surface area (Å²) in [5, 5.41) is 15.2. The average Bonchev–Trinajstić information content (AvgIpc) is 2.77. The maximum absolute atomic E-state index is 11.6. The number of carboxylic acid groups (broad SMARTS) is 1. The lowest BCUT2D eigenvalue weighted by atomic mass is 10.3. The monoisotopic (exact) mass is 241 g/mol.